The van der Waals surface area contributed by atoms with Crippen LogP contribution in [0.25, 0.3) is 0 Å². The first-order chi connectivity index (χ1) is 13.3. The Kier molecular flexibility index (Phi) is 6.94. The van der Waals surface area contributed by atoms with Crippen LogP contribution in [0.15, 0.2) is 23.5 Å². The van der Waals surface area contributed by atoms with Gasteiger partial charge >= 0.3 is 0 Å². The summed E-state index contributed by atoms with van der Waals surface area (Å²) in [5, 5.41) is 6.67. The number of ketones is 2. The molecule has 156 valence electrons. The summed E-state index contributed by atoms with van der Waals surface area (Å²) in [7, 11) is 8.49. The van der Waals surface area contributed by atoms with Crippen molar-refractivity contribution in [3.05, 3.63) is 23.5 Å². The number of nitrogens with zero attached hydrogens (tertiary/aromatic N) is 2. The fourth-order valence-corrected chi connectivity index (χ4v) is 4.70. The standard InChI is InChI=1S/C22H36N4O2/c1-25(2)17-9-5-15(6-10-17)23-19-13-22(28)20(14-21(19)27)24-16-7-11-18(12-8-16)26(3)4/h13-18,23-24H,5-12H2,1-4H3. The van der Waals surface area contributed by atoms with Crippen molar-refractivity contribution in [3.63, 3.8) is 0 Å². The summed E-state index contributed by atoms with van der Waals surface area (Å²) in [5.41, 5.74) is 0.917. The molecule has 0 aromatic carbocycles. The van der Waals surface area contributed by atoms with E-state index in [4.69, 9.17) is 0 Å². The Balaban J connectivity index is 1.50. The lowest BCUT2D eigenvalue weighted by Crippen LogP contribution is -2.42. The van der Waals surface area contributed by atoms with E-state index in [2.05, 4.69) is 48.6 Å². The Morgan fingerprint density at radius 3 is 1.25 bits per heavy atom. The minimum absolute atomic E-state index is 0.0844. The van der Waals surface area contributed by atoms with E-state index in [1.165, 1.54) is 12.2 Å². The molecule has 0 spiro atoms. The van der Waals surface area contributed by atoms with Gasteiger partial charge in [-0.05, 0) is 79.6 Å². The van der Waals surface area contributed by atoms with Crippen molar-refractivity contribution in [1.82, 2.24) is 20.4 Å². The molecule has 0 atom stereocenters. The molecule has 3 aliphatic carbocycles. The molecular weight excluding hydrogens is 352 g/mol. The maximum atomic E-state index is 12.6. The lowest BCUT2D eigenvalue weighted by atomic mass is 9.89. The van der Waals surface area contributed by atoms with Crippen LogP contribution < -0.4 is 10.6 Å². The van der Waals surface area contributed by atoms with Gasteiger partial charge in [-0.2, -0.15) is 0 Å². The van der Waals surface area contributed by atoms with Crippen molar-refractivity contribution in [3.8, 4) is 0 Å². The van der Waals surface area contributed by atoms with Gasteiger partial charge in [0.1, 0.15) is 0 Å². The number of hydrogen-bond donors (Lipinski definition) is 2. The molecule has 0 radical (unpaired) electrons. The first-order valence-electron chi connectivity index (χ1n) is 10.7. The third kappa shape index (κ3) is 5.23. The van der Waals surface area contributed by atoms with Crippen LogP contribution in [0.3, 0.4) is 0 Å². The predicted octanol–water partition coefficient (Wildman–Crippen LogP) is 1.83. The summed E-state index contributed by atoms with van der Waals surface area (Å²) >= 11 is 0. The van der Waals surface area contributed by atoms with Crippen molar-refractivity contribution in [2.75, 3.05) is 28.2 Å². The zero-order valence-corrected chi connectivity index (χ0v) is 17.8. The Bertz CT molecular complexity index is 581. The molecule has 0 aromatic heterocycles. The average Bonchev–Trinajstić information content (AvgIpc) is 2.66. The molecule has 6 heteroatoms. The van der Waals surface area contributed by atoms with Gasteiger partial charge in [0.15, 0.2) is 0 Å². The second kappa shape index (κ2) is 9.23. The van der Waals surface area contributed by atoms with Gasteiger partial charge in [0, 0.05) is 36.3 Å². The van der Waals surface area contributed by atoms with Gasteiger partial charge in [-0.25, -0.2) is 0 Å². The van der Waals surface area contributed by atoms with Crippen molar-refractivity contribution < 1.29 is 9.59 Å². The van der Waals surface area contributed by atoms with E-state index in [1.54, 1.807) is 0 Å². The molecule has 0 heterocycles. The fourth-order valence-electron chi connectivity index (χ4n) is 4.70. The van der Waals surface area contributed by atoms with E-state index in [-0.39, 0.29) is 23.7 Å². The molecule has 2 fully saturated rings. The van der Waals surface area contributed by atoms with Crippen LogP contribution in [-0.4, -0.2) is 73.7 Å². The van der Waals surface area contributed by atoms with E-state index >= 15 is 0 Å². The highest BCUT2D eigenvalue weighted by Crippen LogP contribution is 2.24. The van der Waals surface area contributed by atoms with Gasteiger partial charge in [0.25, 0.3) is 0 Å². The van der Waals surface area contributed by atoms with Gasteiger partial charge < -0.3 is 20.4 Å². The minimum Gasteiger partial charge on any atom is -0.379 e. The number of allylic oxidation sites excluding steroid dienone is 2. The topological polar surface area (TPSA) is 64.7 Å². The van der Waals surface area contributed by atoms with E-state index < -0.39 is 0 Å². The lowest BCUT2D eigenvalue weighted by molar-refractivity contribution is -0.115. The number of hydrogen-bond acceptors (Lipinski definition) is 6. The molecule has 6 nitrogen and oxygen atoms in total. The highest BCUT2D eigenvalue weighted by molar-refractivity contribution is 6.19. The molecule has 0 aliphatic heterocycles. The van der Waals surface area contributed by atoms with Crippen LogP contribution in [0.1, 0.15) is 51.4 Å². The molecule has 0 unspecified atom stereocenters. The third-order valence-electron chi connectivity index (χ3n) is 6.66. The van der Waals surface area contributed by atoms with Gasteiger partial charge in [0.2, 0.25) is 11.6 Å². The van der Waals surface area contributed by atoms with E-state index in [1.807, 2.05) is 0 Å². The van der Waals surface area contributed by atoms with Crippen LogP contribution in [-0.2, 0) is 9.59 Å². The summed E-state index contributed by atoms with van der Waals surface area (Å²) in [6.07, 6.45) is 11.6. The normalized spacial score (nSPS) is 31.6. The van der Waals surface area contributed by atoms with Crippen LogP contribution >= 0.6 is 0 Å². The SMILES string of the molecule is CN(C)C1CCC(NC2=CC(=O)C(NC3CCC(N(C)C)CC3)=CC2=O)CC1. The highest BCUT2D eigenvalue weighted by Gasteiger charge is 2.28. The lowest BCUT2D eigenvalue weighted by Gasteiger charge is -2.34. The average molecular weight is 389 g/mol. The Labute approximate surface area is 169 Å². The summed E-state index contributed by atoms with van der Waals surface area (Å²) in [6, 6.07) is 1.80. The third-order valence-corrected chi connectivity index (χ3v) is 6.66. The quantitative estimate of drug-likeness (QED) is 0.677. The van der Waals surface area contributed by atoms with E-state index in [0.717, 1.165) is 51.4 Å². The first kappa shape index (κ1) is 21.1. The summed E-state index contributed by atoms with van der Waals surface area (Å²) < 4.78 is 0. The molecule has 3 rings (SSSR count). The highest BCUT2D eigenvalue weighted by atomic mass is 16.1. The number of nitrogens with one attached hydrogen (secondary N) is 2. The molecule has 3 aliphatic rings. The van der Waals surface area contributed by atoms with Crippen molar-refractivity contribution in [2.45, 2.75) is 75.5 Å². The van der Waals surface area contributed by atoms with Gasteiger partial charge in [-0.3, -0.25) is 9.59 Å². The van der Waals surface area contributed by atoms with Crippen LogP contribution in [0.2, 0.25) is 0 Å². The summed E-state index contributed by atoms with van der Waals surface area (Å²) in [5.74, 6) is -0.169. The molecule has 28 heavy (non-hydrogen) atoms. The zero-order chi connectivity index (χ0) is 20.3. The molecule has 2 saturated carbocycles. The zero-order valence-electron chi connectivity index (χ0n) is 17.8. The van der Waals surface area contributed by atoms with Crippen LogP contribution in [0.5, 0.6) is 0 Å². The first-order valence-corrected chi connectivity index (χ1v) is 10.7. The smallest absolute Gasteiger partial charge is 0.203 e. The van der Waals surface area contributed by atoms with Gasteiger partial charge in [-0.1, -0.05) is 0 Å². The van der Waals surface area contributed by atoms with Crippen molar-refractivity contribution in [2.24, 2.45) is 0 Å². The van der Waals surface area contributed by atoms with Crippen LogP contribution in [0, 0.1) is 0 Å². The maximum absolute atomic E-state index is 12.6. The Hall–Kier alpha value is -1.66. The van der Waals surface area contributed by atoms with E-state index in [9.17, 15) is 9.59 Å². The predicted molar refractivity (Wildman–Crippen MR) is 112 cm³/mol. The summed E-state index contributed by atoms with van der Waals surface area (Å²) in [4.78, 5) is 29.7. The number of rotatable bonds is 6. The Morgan fingerprint density at radius 1 is 0.643 bits per heavy atom. The van der Waals surface area contributed by atoms with Gasteiger partial charge in [0.05, 0.1) is 11.4 Å². The van der Waals surface area contributed by atoms with Crippen molar-refractivity contribution in [1.29, 1.82) is 0 Å². The number of carbonyl (C=O) groups excluding carboxylic acids is 2. The molecule has 0 aromatic rings. The van der Waals surface area contributed by atoms with Gasteiger partial charge in [-0.15, -0.1) is 0 Å². The van der Waals surface area contributed by atoms with Crippen molar-refractivity contribution >= 4 is 11.6 Å². The van der Waals surface area contributed by atoms with Crippen LogP contribution in [0.4, 0.5) is 0 Å². The molecular formula is C22H36N4O2. The fraction of sp³-hybridized carbons (Fsp3) is 0.727. The van der Waals surface area contributed by atoms with E-state index in [0.29, 0.717) is 23.5 Å². The Morgan fingerprint density at radius 2 is 0.964 bits per heavy atom. The monoisotopic (exact) mass is 388 g/mol. The number of carbonyl (C=O) groups is 2. The molecule has 0 bridgehead atoms. The summed E-state index contributed by atoms with van der Waals surface area (Å²) in [6.45, 7) is 0. The largest absolute Gasteiger partial charge is 0.379 e. The minimum atomic E-state index is -0.0844. The molecule has 0 saturated heterocycles. The second-order valence-electron chi connectivity index (χ2n) is 9.07. The second-order valence-corrected chi connectivity index (χ2v) is 9.07. The molecule has 2 N–H and O–H groups in total. The molecule has 0 amide bonds. The maximum Gasteiger partial charge on any atom is 0.203 e.